The summed E-state index contributed by atoms with van der Waals surface area (Å²) in [7, 11) is 0. The van der Waals surface area contributed by atoms with Crippen LogP contribution >= 0.6 is 15.9 Å². The highest BCUT2D eigenvalue weighted by atomic mass is 79.9. The van der Waals surface area contributed by atoms with Crippen molar-refractivity contribution in [1.29, 1.82) is 0 Å². The summed E-state index contributed by atoms with van der Waals surface area (Å²) < 4.78 is 0. The van der Waals surface area contributed by atoms with Crippen molar-refractivity contribution in [2.45, 2.75) is 38.0 Å². The molecule has 0 aromatic heterocycles. The van der Waals surface area contributed by atoms with Gasteiger partial charge in [-0.05, 0) is 49.1 Å². The zero-order valence-electron chi connectivity index (χ0n) is 8.51. The fraction of sp³-hybridized carbons (Fsp3) is 0.538. The van der Waals surface area contributed by atoms with Crippen LogP contribution < -0.4 is 0 Å². The minimum absolute atomic E-state index is 0.831. The van der Waals surface area contributed by atoms with Crippen LogP contribution in [0.5, 0.6) is 0 Å². The van der Waals surface area contributed by atoms with Gasteiger partial charge in [0.1, 0.15) is 0 Å². The van der Waals surface area contributed by atoms with Crippen LogP contribution in [0.2, 0.25) is 0 Å². The summed E-state index contributed by atoms with van der Waals surface area (Å²) in [6.07, 6.45) is 6.72. The van der Waals surface area contributed by atoms with Gasteiger partial charge in [0.2, 0.25) is 0 Å². The van der Waals surface area contributed by atoms with E-state index in [9.17, 15) is 0 Å². The minimum Gasteiger partial charge on any atom is -0.0928 e. The number of benzene rings is 1. The highest BCUT2D eigenvalue weighted by Gasteiger charge is 2.18. The first kappa shape index (κ1) is 10.2. The minimum atomic E-state index is 0.831. The molecule has 1 aliphatic rings. The average Bonchev–Trinajstić information content (AvgIpc) is 2.26. The molecule has 0 N–H and O–H groups in total. The lowest BCUT2D eigenvalue weighted by Crippen LogP contribution is -2.09. The fourth-order valence-electron chi connectivity index (χ4n) is 2.48. The number of hydrogen-bond acceptors (Lipinski definition) is 0. The van der Waals surface area contributed by atoms with Crippen molar-refractivity contribution in [1.82, 2.24) is 0 Å². The van der Waals surface area contributed by atoms with E-state index in [2.05, 4.69) is 40.2 Å². The SMILES string of the molecule is BrCCCC1CCCc2ccccc21. The molecule has 1 atom stereocenters. The topological polar surface area (TPSA) is 0 Å². The first-order valence-corrected chi connectivity index (χ1v) is 6.67. The third-order valence-electron chi connectivity index (χ3n) is 3.18. The average molecular weight is 253 g/mol. The first-order valence-electron chi connectivity index (χ1n) is 5.55. The molecular formula is C13H17Br. The van der Waals surface area contributed by atoms with Crippen LogP contribution in [0.15, 0.2) is 24.3 Å². The van der Waals surface area contributed by atoms with Crippen LogP contribution in [-0.2, 0) is 6.42 Å². The van der Waals surface area contributed by atoms with Gasteiger partial charge in [0.25, 0.3) is 0 Å². The van der Waals surface area contributed by atoms with E-state index in [0.717, 1.165) is 11.2 Å². The van der Waals surface area contributed by atoms with E-state index in [1.54, 1.807) is 11.1 Å². The number of hydrogen-bond donors (Lipinski definition) is 0. The van der Waals surface area contributed by atoms with Gasteiger partial charge >= 0.3 is 0 Å². The molecule has 1 unspecified atom stereocenters. The Hall–Kier alpha value is -0.300. The monoisotopic (exact) mass is 252 g/mol. The number of fused-ring (bicyclic) bond motifs is 1. The van der Waals surface area contributed by atoms with Crippen molar-refractivity contribution < 1.29 is 0 Å². The molecule has 0 nitrogen and oxygen atoms in total. The molecule has 0 saturated carbocycles. The van der Waals surface area contributed by atoms with E-state index in [4.69, 9.17) is 0 Å². The molecule has 1 aromatic carbocycles. The molecule has 76 valence electrons. The van der Waals surface area contributed by atoms with Crippen molar-refractivity contribution in [2.24, 2.45) is 0 Å². The Morgan fingerprint density at radius 1 is 1.29 bits per heavy atom. The maximum atomic E-state index is 3.52. The van der Waals surface area contributed by atoms with Gasteiger partial charge in [-0.3, -0.25) is 0 Å². The third-order valence-corrected chi connectivity index (χ3v) is 3.74. The lowest BCUT2D eigenvalue weighted by Gasteiger charge is -2.25. The Bertz CT molecular complexity index is 293. The molecule has 0 saturated heterocycles. The van der Waals surface area contributed by atoms with E-state index in [-0.39, 0.29) is 0 Å². The van der Waals surface area contributed by atoms with Gasteiger partial charge in [-0.1, -0.05) is 40.2 Å². The Labute approximate surface area is 94.8 Å². The number of halogens is 1. The lowest BCUT2D eigenvalue weighted by atomic mass is 9.81. The summed E-state index contributed by atoms with van der Waals surface area (Å²) in [5, 5.41) is 1.14. The third kappa shape index (κ3) is 2.20. The zero-order chi connectivity index (χ0) is 9.80. The lowest BCUT2D eigenvalue weighted by molar-refractivity contribution is 0.517. The van der Waals surface area contributed by atoms with Gasteiger partial charge in [0, 0.05) is 5.33 Å². The predicted molar refractivity (Wildman–Crippen MR) is 65.1 cm³/mol. The number of alkyl halides is 1. The van der Waals surface area contributed by atoms with Crippen LogP contribution in [0.1, 0.15) is 42.7 Å². The van der Waals surface area contributed by atoms with Crippen molar-refractivity contribution >= 4 is 15.9 Å². The molecule has 1 aliphatic carbocycles. The van der Waals surface area contributed by atoms with Crippen LogP contribution in [-0.4, -0.2) is 5.33 Å². The molecule has 14 heavy (non-hydrogen) atoms. The largest absolute Gasteiger partial charge is 0.0928 e. The highest BCUT2D eigenvalue weighted by molar-refractivity contribution is 9.09. The summed E-state index contributed by atoms with van der Waals surface area (Å²) in [5.74, 6) is 0.831. The van der Waals surface area contributed by atoms with Crippen molar-refractivity contribution in [3.8, 4) is 0 Å². The zero-order valence-corrected chi connectivity index (χ0v) is 10.1. The first-order chi connectivity index (χ1) is 6.92. The maximum Gasteiger partial charge on any atom is 0.00315 e. The summed E-state index contributed by atoms with van der Waals surface area (Å²) in [6.45, 7) is 0. The Balaban J connectivity index is 2.14. The Morgan fingerprint density at radius 3 is 3.00 bits per heavy atom. The fourth-order valence-corrected chi connectivity index (χ4v) is 2.80. The molecule has 2 rings (SSSR count). The van der Waals surface area contributed by atoms with E-state index in [1.165, 1.54) is 32.1 Å². The summed E-state index contributed by atoms with van der Waals surface area (Å²) >= 11 is 3.52. The molecule has 0 aliphatic heterocycles. The second kappa shape index (κ2) is 4.97. The number of rotatable bonds is 3. The smallest absolute Gasteiger partial charge is 0.00315 e. The van der Waals surface area contributed by atoms with Crippen LogP contribution in [0, 0.1) is 0 Å². The van der Waals surface area contributed by atoms with Gasteiger partial charge in [0.05, 0.1) is 0 Å². The maximum absolute atomic E-state index is 3.52. The van der Waals surface area contributed by atoms with Crippen LogP contribution in [0.4, 0.5) is 0 Å². The van der Waals surface area contributed by atoms with Crippen LogP contribution in [0.25, 0.3) is 0 Å². The Kier molecular flexibility index (Phi) is 3.63. The summed E-state index contributed by atoms with van der Waals surface area (Å²) in [6, 6.07) is 8.99. The standard InChI is InChI=1S/C13H17Br/c14-10-4-8-12-7-3-6-11-5-1-2-9-13(11)12/h1-2,5,9,12H,3-4,6-8,10H2. The van der Waals surface area contributed by atoms with Gasteiger partial charge in [0.15, 0.2) is 0 Å². The molecule has 0 spiro atoms. The van der Waals surface area contributed by atoms with E-state index in [0.29, 0.717) is 0 Å². The van der Waals surface area contributed by atoms with Gasteiger partial charge in [-0.25, -0.2) is 0 Å². The molecule has 0 radical (unpaired) electrons. The van der Waals surface area contributed by atoms with E-state index in [1.807, 2.05) is 0 Å². The second-order valence-corrected chi connectivity index (χ2v) is 4.91. The van der Waals surface area contributed by atoms with Crippen molar-refractivity contribution in [3.05, 3.63) is 35.4 Å². The highest BCUT2D eigenvalue weighted by Crippen LogP contribution is 2.34. The van der Waals surface area contributed by atoms with E-state index >= 15 is 0 Å². The molecule has 0 amide bonds. The Morgan fingerprint density at radius 2 is 2.14 bits per heavy atom. The molecular weight excluding hydrogens is 236 g/mol. The molecule has 0 fully saturated rings. The molecule has 1 aromatic rings. The van der Waals surface area contributed by atoms with E-state index < -0.39 is 0 Å². The number of aryl methyl sites for hydroxylation is 1. The van der Waals surface area contributed by atoms with Gasteiger partial charge in [-0.15, -0.1) is 0 Å². The summed E-state index contributed by atoms with van der Waals surface area (Å²) in [4.78, 5) is 0. The molecule has 0 heterocycles. The van der Waals surface area contributed by atoms with Crippen molar-refractivity contribution in [3.63, 3.8) is 0 Å². The molecule has 1 heteroatoms. The van der Waals surface area contributed by atoms with Crippen LogP contribution in [0.3, 0.4) is 0 Å². The second-order valence-electron chi connectivity index (χ2n) is 4.12. The van der Waals surface area contributed by atoms with Crippen molar-refractivity contribution in [2.75, 3.05) is 5.33 Å². The quantitative estimate of drug-likeness (QED) is 0.705. The summed E-state index contributed by atoms with van der Waals surface area (Å²) in [5.41, 5.74) is 3.22. The van der Waals surface area contributed by atoms with Gasteiger partial charge in [-0.2, -0.15) is 0 Å². The predicted octanol–water partition coefficient (Wildman–Crippen LogP) is 4.28. The van der Waals surface area contributed by atoms with Gasteiger partial charge < -0.3 is 0 Å². The normalized spacial score (nSPS) is 20.5. The molecule has 0 bridgehead atoms.